The standard InChI is InChI=1S/C26H21N5O6/c1-13-8-14-6-7-16(27)10-18(14)24(32)23(13)31-30-21-11-19(26(35)36)20(12-22(21)37-2)29-28-17-5-3-4-15(9-17)25(33)34/h3-12,23H,27H2,1-2H3,(H,33,34)(H,35,36). The van der Waals surface area contributed by atoms with Crippen LogP contribution >= 0.6 is 0 Å². The number of methoxy groups -OCH3 is 1. The molecule has 37 heavy (non-hydrogen) atoms. The normalized spacial score (nSPS) is 15.0. The molecule has 0 heterocycles. The van der Waals surface area contributed by atoms with Gasteiger partial charge < -0.3 is 20.7 Å². The van der Waals surface area contributed by atoms with Gasteiger partial charge in [-0.25, -0.2) is 9.59 Å². The number of Topliss-reactive ketones (excluding diaryl/α,β-unsaturated/α-hetero) is 1. The fourth-order valence-corrected chi connectivity index (χ4v) is 3.72. The molecule has 0 fully saturated rings. The summed E-state index contributed by atoms with van der Waals surface area (Å²) in [6.07, 6.45) is 1.82. The number of nitrogen functional groups attached to an aromatic ring is 1. The number of ether oxygens (including phenoxy) is 1. The Hall–Kier alpha value is -5.19. The summed E-state index contributed by atoms with van der Waals surface area (Å²) in [7, 11) is 1.36. The van der Waals surface area contributed by atoms with Gasteiger partial charge in [0.2, 0.25) is 0 Å². The first kappa shape index (κ1) is 24.9. The minimum atomic E-state index is -1.30. The fraction of sp³-hybridized carbons (Fsp3) is 0.115. The highest BCUT2D eigenvalue weighted by Crippen LogP contribution is 2.37. The highest BCUT2D eigenvalue weighted by atomic mass is 16.5. The molecule has 1 atom stereocenters. The van der Waals surface area contributed by atoms with E-state index in [0.29, 0.717) is 16.8 Å². The van der Waals surface area contributed by atoms with Crippen LogP contribution in [0.5, 0.6) is 5.75 Å². The SMILES string of the molecule is COc1cc(N=Nc2cccc(C(=O)O)c2)c(C(=O)O)cc1N=NC1C(=O)c2cc(N)ccc2C=C1C. The first-order chi connectivity index (χ1) is 17.7. The van der Waals surface area contributed by atoms with E-state index in [4.69, 9.17) is 15.6 Å². The predicted octanol–water partition coefficient (Wildman–Crippen LogP) is 5.84. The Morgan fingerprint density at radius 2 is 1.73 bits per heavy atom. The van der Waals surface area contributed by atoms with E-state index in [1.54, 1.807) is 25.1 Å². The molecule has 3 aromatic rings. The van der Waals surface area contributed by atoms with Crippen LogP contribution in [0.2, 0.25) is 0 Å². The summed E-state index contributed by atoms with van der Waals surface area (Å²) in [4.78, 5) is 36.1. The minimum absolute atomic E-state index is 0.00941. The van der Waals surface area contributed by atoms with Crippen molar-refractivity contribution in [3.63, 3.8) is 0 Å². The van der Waals surface area contributed by atoms with Crippen molar-refractivity contribution in [2.75, 3.05) is 12.8 Å². The third-order valence-corrected chi connectivity index (χ3v) is 5.58. The molecule has 0 saturated heterocycles. The van der Waals surface area contributed by atoms with Gasteiger partial charge in [-0.1, -0.05) is 18.2 Å². The van der Waals surface area contributed by atoms with Gasteiger partial charge in [-0.2, -0.15) is 15.3 Å². The Bertz CT molecular complexity index is 1530. The largest absolute Gasteiger partial charge is 0.494 e. The van der Waals surface area contributed by atoms with Gasteiger partial charge in [0.15, 0.2) is 11.8 Å². The molecular formula is C26H21N5O6. The molecule has 0 aliphatic heterocycles. The van der Waals surface area contributed by atoms with Crippen molar-refractivity contribution in [2.45, 2.75) is 13.0 Å². The number of hydrogen-bond donors (Lipinski definition) is 3. The second kappa shape index (κ2) is 10.2. The lowest BCUT2D eigenvalue weighted by atomic mass is 9.88. The number of nitrogens with two attached hydrogens (primary N) is 1. The molecule has 1 unspecified atom stereocenters. The summed E-state index contributed by atoms with van der Waals surface area (Å²) in [5.74, 6) is -2.57. The fourth-order valence-electron chi connectivity index (χ4n) is 3.72. The zero-order valence-electron chi connectivity index (χ0n) is 19.7. The van der Waals surface area contributed by atoms with Gasteiger partial charge in [0, 0.05) is 17.3 Å². The van der Waals surface area contributed by atoms with Crippen molar-refractivity contribution < 1.29 is 29.3 Å². The Labute approximate surface area is 210 Å². The van der Waals surface area contributed by atoms with Crippen molar-refractivity contribution in [2.24, 2.45) is 20.5 Å². The van der Waals surface area contributed by atoms with E-state index in [-0.39, 0.29) is 39.7 Å². The summed E-state index contributed by atoms with van der Waals surface area (Å²) in [5.41, 5.74) is 8.12. The molecule has 11 nitrogen and oxygen atoms in total. The van der Waals surface area contributed by atoms with Crippen LogP contribution in [-0.2, 0) is 0 Å². The van der Waals surface area contributed by atoms with E-state index in [1.807, 2.05) is 6.08 Å². The number of nitrogens with zero attached hydrogens (tertiary/aromatic N) is 4. The quantitative estimate of drug-likeness (QED) is 0.270. The molecule has 0 spiro atoms. The number of aromatic carboxylic acids is 2. The van der Waals surface area contributed by atoms with E-state index >= 15 is 0 Å². The smallest absolute Gasteiger partial charge is 0.338 e. The number of fused-ring (bicyclic) bond motifs is 1. The van der Waals surface area contributed by atoms with Gasteiger partial charge in [0.1, 0.15) is 17.1 Å². The van der Waals surface area contributed by atoms with Gasteiger partial charge in [-0.05, 0) is 54.5 Å². The second-order valence-electron chi connectivity index (χ2n) is 8.12. The maximum absolute atomic E-state index is 13.0. The Morgan fingerprint density at radius 1 is 0.946 bits per heavy atom. The maximum Gasteiger partial charge on any atom is 0.338 e. The van der Waals surface area contributed by atoms with E-state index in [1.165, 1.54) is 43.5 Å². The number of carboxylic acid groups (broad SMARTS) is 2. The lowest BCUT2D eigenvalue weighted by Crippen LogP contribution is -2.24. The summed E-state index contributed by atoms with van der Waals surface area (Å²) in [6, 6.07) is 12.4. The number of carboxylic acids is 2. The Kier molecular flexibility index (Phi) is 6.87. The molecule has 0 aromatic heterocycles. The monoisotopic (exact) mass is 499 g/mol. The minimum Gasteiger partial charge on any atom is -0.494 e. The molecule has 11 heteroatoms. The molecule has 3 aromatic carbocycles. The van der Waals surface area contributed by atoms with Crippen LogP contribution in [0, 0.1) is 0 Å². The van der Waals surface area contributed by atoms with Crippen LogP contribution in [0.3, 0.4) is 0 Å². The zero-order valence-corrected chi connectivity index (χ0v) is 19.7. The summed E-state index contributed by atoms with van der Waals surface area (Å²) in [5, 5.41) is 35.1. The van der Waals surface area contributed by atoms with Crippen molar-refractivity contribution in [1.29, 1.82) is 0 Å². The lowest BCUT2D eigenvalue weighted by molar-refractivity contribution is 0.0686. The summed E-state index contributed by atoms with van der Waals surface area (Å²) < 4.78 is 5.35. The Balaban J connectivity index is 1.68. The molecule has 4 N–H and O–H groups in total. The van der Waals surface area contributed by atoms with Crippen molar-refractivity contribution in [1.82, 2.24) is 0 Å². The van der Waals surface area contributed by atoms with Crippen LogP contribution in [0.4, 0.5) is 22.7 Å². The molecule has 0 bridgehead atoms. The van der Waals surface area contributed by atoms with E-state index in [9.17, 15) is 19.5 Å². The third kappa shape index (κ3) is 5.25. The summed E-state index contributed by atoms with van der Waals surface area (Å²) >= 11 is 0. The van der Waals surface area contributed by atoms with Crippen LogP contribution < -0.4 is 10.5 Å². The number of carbonyl (C=O) groups is 3. The molecule has 1 aliphatic rings. The van der Waals surface area contributed by atoms with Crippen molar-refractivity contribution >= 4 is 46.5 Å². The first-order valence-electron chi connectivity index (χ1n) is 10.9. The average molecular weight is 499 g/mol. The zero-order chi connectivity index (χ0) is 26.7. The van der Waals surface area contributed by atoms with Crippen molar-refractivity contribution in [3.05, 3.63) is 82.4 Å². The molecule has 1 aliphatic carbocycles. The van der Waals surface area contributed by atoms with Gasteiger partial charge in [-0.3, -0.25) is 4.79 Å². The number of carbonyl (C=O) groups excluding carboxylic acids is 1. The van der Waals surface area contributed by atoms with Crippen LogP contribution in [-0.4, -0.2) is 41.1 Å². The van der Waals surface area contributed by atoms with Crippen molar-refractivity contribution in [3.8, 4) is 5.75 Å². The topological polar surface area (TPSA) is 176 Å². The first-order valence-corrected chi connectivity index (χ1v) is 10.9. The highest BCUT2D eigenvalue weighted by molar-refractivity contribution is 6.08. The van der Waals surface area contributed by atoms with Gasteiger partial charge in [0.25, 0.3) is 0 Å². The second-order valence-corrected chi connectivity index (χ2v) is 8.12. The molecule has 0 radical (unpaired) electrons. The maximum atomic E-state index is 13.0. The summed E-state index contributed by atoms with van der Waals surface area (Å²) in [6.45, 7) is 1.75. The predicted molar refractivity (Wildman–Crippen MR) is 135 cm³/mol. The molecule has 186 valence electrons. The number of anilines is 1. The third-order valence-electron chi connectivity index (χ3n) is 5.58. The van der Waals surface area contributed by atoms with E-state index in [2.05, 4.69) is 20.5 Å². The average Bonchev–Trinajstić information content (AvgIpc) is 2.87. The van der Waals surface area contributed by atoms with Gasteiger partial charge in [0.05, 0.1) is 23.9 Å². The van der Waals surface area contributed by atoms with Crippen LogP contribution in [0.1, 0.15) is 43.6 Å². The Morgan fingerprint density at radius 3 is 2.43 bits per heavy atom. The number of azo groups is 2. The number of hydrogen-bond acceptors (Lipinski definition) is 9. The van der Waals surface area contributed by atoms with Crippen LogP contribution in [0.25, 0.3) is 6.08 Å². The van der Waals surface area contributed by atoms with Crippen LogP contribution in [0.15, 0.2) is 80.6 Å². The number of rotatable bonds is 7. The molecule has 4 rings (SSSR count). The molecule has 0 amide bonds. The molecular weight excluding hydrogens is 478 g/mol. The lowest BCUT2D eigenvalue weighted by Gasteiger charge is -2.19. The van der Waals surface area contributed by atoms with E-state index < -0.39 is 18.0 Å². The van der Waals surface area contributed by atoms with Gasteiger partial charge in [-0.15, -0.1) is 5.11 Å². The molecule has 0 saturated carbocycles. The van der Waals surface area contributed by atoms with E-state index in [0.717, 1.165) is 5.56 Å². The van der Waals surface area contributed by atoms with Gasteiger partial charge >= 0.3 is 11.9 Å². The highest BCUT2D eigenvalue weighted by Gasteiger charge is 2.28. The number of ketones is 1. The number of benzene rings is 3.